The molecule has 2 N–H and O–H groups in total. The van der Waals surface area contributed by atoms with E-state index in [0.717, 1.165) is 24.2 Å². The summed E-state index contributed by atoms with van der Waals surface area (Å²) in [5.74, 6) is -0.0830. The van der Waals surface area contributed by atoms with Gasteiger partial charge in [-0.05, 0) is 24.6 Å². The number of nitrogens with one attached hydrogen (secondary N) is 2. The minimum atomic E-state index is -0.0830. The second kappa shape index (κ2) is 6.64. The summed E-state index contributed by atoms with van der Waals surface area (Å²) in [7, 11) is 0. The molecule has 19 heavy (non-hydrogen) atoms. The van der Waals surface area contributed by atoms with Crippen molar-refractivity contribution in [3.63, 3.8) is 0 Å². The molecule has 0 unspecified atom stereocenters. The molecule has 0 spiro atoms. The monoisotopic (exact) mass is 258 g/mol. The Kier molecular flexibility index (Phi) is 4.61. The van der Waals surface area contributed by atoms with Gasteiger partial charge in [0.1, 0.15) is 0 Å². The molecule has 0 saturated carbocycles. The largest absolute Gasteiger partial charge is 0.472 e. The van der Waals surface area contributed by atoms with Crippen molar-refractivity contribution in [1.82, 2.24) is 5.32 Å². The van der Waals surface area contributed by atoms with E-state index in [1.165, 1.54) is 0 Å². The summed E-state index contributed by atoms with van der Waals surface area (Å²) in [6.07, 6.45) is 4.24. The number of amides is 1. The maximum absolute atomic E-state index is 12.1. The predicted molar refractivity (Wildman–Crippen MR) is 75.1 cm³/mol. The number of hydrogen-bond acceptors (Lipinski definition) is 3. The van der Waals surface area contributed by atoms with Gasteiger partial charge in [0.15, 0.2) is 0 Å². The first-order chi connectivity index (χ1) is 9.31. The Bertz CT molecular complexity index is 521. The van der Waals surface area contributed by atoms with Crippen LogP contribution in [0.3, 0.4) is 0 Å². The van der Waals surface area contributed by atoms with Gasteiger partial charge < -0.3 is 15.1 Å². The van der Waals surface area contributed by atoms with E-state index in [1.54, 1.807) is 12.5 Å². The van der Waals surface area contributed by atoms with Gasteiger partial charge >= 0.3 is 0 Å². The number of hydrogen-bond donors (Lipinski definition) is 2. The van der Waals surface area contributed by atoms with Gasteiger partial charge in [-0.25, -0.2) is 0 Å². The lowest BCUT2D eigenvalue weighted by Crippen LogP contribution is -2.23. The van der Waals surface area contributed by atoms with E-state index in [-0.39, 0.29) is 5.91 Å². The lowest BCUT2D eigenvalue weighted by molar-refractivity contribution is 0.0951. The van der Waals surface area contributed by atoms with Gasteiger partial charge in [-0.1, -0.05) is 19.1 Å². The molecule has 0 saturated heterocycles. The fraction of sp³-hybridized carbons (Fsp3) is 0.267. The number of carbonyl (C=O) groups excluding carboxylic acids is 1. The number of para-hydroxylation sites is 1. The molecule has 0 aliphatic heterocycles. The highest BCUT2D eigenvalue weighted by molar-refractivity contribution is 5.99. The predicted octanol–water partition coefficient (Wildman–Crippen LogP) is 3.03. The second-order valence-corrected chi connectivity index (χ2v) is 4.29. The minimum absolute atomic E-state index is 0.0830. The van der Waals surface area contributed by atoms with Gasteiger partial charge in [-0.3, -0.25) is 4.79 Å². The van der Waals surface area contributed by atoms with Crippen LogP contribution in [0, 0.1) is 0 Å². The Balaban J connectivity index is 2.01. The van der Waals surface area contributed by atoms with Gasteiger partial charge in [-0.2, -0.15) is 0 Å². The molecule has 0 atom stereocenters. The SMILES string of the molecule is CCCNc1ccccc1C(=O)NCc1ccoc1. The lowest BCUT2D eigenvalue weighted by Gasteiger charge is -2.11. The normalized spacial score (nSPS) is 10.2. The van der Waals surface area contributed by atoms with Crippen molar-refractivity contribution in [3.8, 4) is 0 Å². The molecular weight excluding hydrogens is 240 g/mol. The van der Waals surface area contributed by atoms with E-state index < -0.39 is 0 Å². The van der Waals surface area contributed by atoms with Crippen LogP contribution >= 0.6 is 0 Å². The molecule has 0 radical (unpaired) electrons. The van der Waals surface area contributed by atoms with Crippen molar-refractivity contribution in [2.45, 2.75) is 19.9 Å². The maximum Gasteiger partial charge on any atom is 0.253 e. The zero-order chi connectivity index (χ0) is 13.5. The van der Waals surface area contributed by atoms with E-state index >= 15 is 0 Å². The summed E-state index contributed by atoms with van der Waals surface area (Å²) < 4.78 is 4.97. The molecule has 100 valence electrons. The Morgan fingerprint density at radius 2 is 2.11 bits per heavy atom. The molecule has 0 aliphatic carbocycles. The molecule has 2 rings (SSSR count). The smallest absolute Gasteiger partial charge is 0.253 e. The average Bonchev–Trinajstić information content (AvgIpc) is 2.96. The summed E-state index contributed by atoms with van der Waals surface area (Å²) in [6.45, 7) is 3.41. The van der Waals surface area contributed by atoms with Gasteiger partial charge in [0, 0.05) is 24.3 Å². The zero-order valence-electron chi connectivity index (χ0n) is 11.0. The Morgan fingerprint density at radius 1 is 1.26 bits per heavy atom. The third-order valence-electron chi connectivity index (χ3n) is 2.77. The van der Waals surface area contributed by atoms with Crippen LogP contribution in [0.4, 0.5) is 5.69 Å². The molecule has 1 amide bonds. The minimum Gasteiger partial charge on any atom is -0.472 e. The highest BCUT2D eigenvalue weighted by atomic mass is 16.3. The molecule has 2 aromatic rings. The van der Waals surface area contributed by atoms with Crippen molar-refractivity contribution in [1.29, 1.82) is 0 Å². The quantitative estimate of drug-likeness (QED) is 0.837. The van der Waals surface area contributed by atoms with Crippen molar-refractivity contribution >= 4 is 11.6 Å². The van der Waals surface area contributed by atoms with Gasteiger partial charge in [-0.15, -0.1) is 0 Å². The van der Waals surface area contributed by atoms with Crippen LogP contribution in [-0.2, 0) is 6.54 Å². The Morgan fingerprint density at radius 3 is 2.84 bits per heavy atom. The lowest BCUT2D eigenvalue weighted by atomic mass is 10.1. The summed E-state index contributed by atoms with van der Waals surface area (Å²) in [4.78, 5) is 12.1. The molecule has 1 aromatic heterocycles. The van der Waals surface area contributed by atoms with Crippen LogP contribution in [0.25, 0.3) is 0 Å². The van der Waals surface area contributed by atoms with E-state index in [4.69, 9.17) is 4.42 Å². The van der Waals surface area contributed by atoms with Crippen LogP contribution < -0.4 is 10.6 Å². The average molecular weight is 258 g/mol. The third kappa shape index (κ3) is 3.61. The summed E-state index contributed by atoms with van der Waals surface area (Å²) in [6, 6.07) is 9.36. The maximum atomic E-state index is 12.1. The van der Waals surface area contributed by atoms with Crippen LogP contribution in [-0.4, -0.2) is 12.5 Å². The first-order valence-electron chi connectivity index (χ1n) is 6.43. The van der Waals surface area contributed by atoms with Crippen molar-refractivity contribution < 1.29 is 9.21 Å². The summed E-state index contributed by atoms with van der Waals surface area (Å²) in [5.41, 5.74) is 2.49. The molecule has 4 nitrogen and oxygen atoms in total. The van der Waals surface area contributed by atoms with Crippen molar-refractivity contribution in [2.75, 3.05) is 11.9 Å². The van der Waals surface area contributed by atoms with Gasteiger partial charge in [0.25, 0.3) is 5.91 Å². The zero-order valence-corrected chi connectivity index (χ0v) is 11.0. The molecule has 0 fully saturated rings. The van der Waals surface area contributed by atoms with Gasteiger partial charge in [0.2, 0.25) is 0 Å². The first kappa shape index (κ1) is 13.2. The number of benzene rings is 1. The Labute approximate surface area is 112 Å². The van der Waals surface area contributed by atoms with E-state index in [9.17, 15) is 4.79 Å². The van der Waals surface area contributed by atoms with Crippen LogP contribution in [0.1, 0.15) is 29.3 Å². The third-order valence-corrected chi connectivity index (χ3v) is 2.77. The second-order valence-electron chi connectivity index (χ2n) is 4.29. The standard InChI is InChI=1S/C15H18N2O2/c1-2-8-16-14-6-4-3-5-13(14)15(18)17-10-12-7-9-19-11-12/h3-7,9,11,16H,2,8,10H2,1H3,(H,17,18). The molecule has 1 aromatic carbocycles. The number of rotatable bonds is 6. The first-order valence-corrected chi connectivity index (χ1v) is 6.43. The van der Waals surface area contributed by atoms with Crippen molar-refractivity contribution in [2.24, 2.45) is 0 Å². The van der Waals surface area contributed by atoms with Crippen LogP contribution in [0.5, 0.6) is 0 Å². The molecule has 4 heteroatoms. The Hall–Kier alpha value is -2.23. The van der Waals surface area contributed by atoms with E-state index in [2.05, 4.69) is 17.6 Å². The fourth-order valence-corrected chi connectivity index (χ4v) is 1.77. The summed E-state index contributed by atoms with van der Waals surface area (Å²) in [5, 5.41) is 6.14. The number of carbonyl (C=O) groups is 1. The molecule has 0 bridgehead atoms. The topological polar surface area (TPSA) is 54.3 Å². The highest BCUT2D eigenvalue weighted by Gasteiger charge is 2.10. The van der Waals surface area contributed by atoms with Crippen LogP contribution in [0.2, 0.25) is 0 Å². The highest BCUT2D eigenvalue weighted by Crippen LogP contribution is 2.15. The van der Waals surface area contributed by atoms with Crippen LogP contribution in [0.15, 0.2) is 47.3 Å². The molecule has 0 aliphatic rings. The van der Waals surface area contributed by atoms with Gasteiger partial charge in [0.05, 0.1) is 18.1 Å². The van der Waals surface area contributed by atoms with Crippen molar-refractivity contribution in [3.05, 3.63) is 54.0 Å². The number of furan rings is 1. The number of anilines is 1. The van der Waals surface area contributed by atoms with E-state index in [0.29, 0.717) is 12.1 Å². The molecular formula is C15H18N2O2. The molecule has 1 heterocycles. The fourth-order valence-electron chi connectivity index (χ4n) is 1.77. The summed E-state index contributed by atoms with van der Waals surface area (Å²) >= 11 is 0. The van der Waals surface area contributed by atoms with E-state index in [1.807, 2.05) is 30.3 Å².